The summed E-state index contributed by atoms with van der Waals surface area (Å²) >= 11 is 6.05. The Balaban J connectivity index is 1.59. The fraction of sp³-hybridized carbons (Fsp3) is 0.158. The van der Waals surface area contributed by atoms with E-state index in [2.05, 4.69) is 10.3 Å². The van der Waals surface area contributed by atoms with Crippen LogP contribution in [0.2, 0.25) is 5.02 Å². The molecule has 0 radical (unpaired) electrons. The Labute approximate surface area is 149 Å². The molecule has 0 aliphatic heterocycles. The minimum atomic E-state index is -0.915. The lowest BCUT2D eigenvalue weighted by molar-refractivity contribution is -0.129. The first-order valence-corrected chi connectivity index (χ1v) is 8.22. The van der Waals surface area contributed by atoms with Crippen molar-refractivity contribution in [2.45, 2.75) is 19.6 Å². The van der Waals surface area contributed by atoms with Gasteiger partial charge in [0.25, 0.3) is 5.91 Å². The zero-order valence-electron chi connectivity index (χ0n) is 13.6. The highest BCUT2D eigenvalue weighted by Gasteiger charge is 2.20. The zero-order chi connectivity index (χ0) is 17.8. The third-order valence-corrected chi connectivity index (χ3v) is 4.18. The van der Waals surface area contributed by atoms with Crippen molar-refractivity contribution in [2.75, 3.05) is 0 Å². The molecule has 2 aromatic carbocycles. The Morgan fingerprint density at radius 2 is 1.88 bits per heavy atom. The molecule has 1 atom stereocenters. The number of benzene rings is 2. The van der Waals surface area contributed by atoms with E-state index in [4.69, 9.17) is 16.3 Å². The number of halogens is 1. The largest absolute Gasteiger partial charge is 0.448 e. The number of aromatic nitrogens is 1. The van der Waals surface area contributed by atoms with E-state index in [1.807, 2.05) is 42.5 Å². The van der Waals surface area contributed by atoms with Crippen molar-refractivity contribution in [3.05, 3.63) is 70.9 Å². The third kappa shape index (κ3) is 4.00. The standard InChI is InChI=1S/C19H17ClN2O3/c1-12(18(23)21-11-14-7-2-4-8-15(14)20)25-19(24)17-10-13-6-3-5-9-16(13)22-17/h2-10,12,22H,11H2,1H3,(H,21,23)/t12-/m1/s1. The van der Waals surface area contributed by atoms with Gasteiger partial charge < -0.3 is 15.0 Å². The molecule has 128 valence electrons. The zero-order valence-corrected chi connectivity index (χ0v) is 14.3. The minimum Gasteiger partial charge on any atom is -0.448 e. The van der Waals surface area contributed by atoms with Crippen molar-refractivity contribution < 1.29 is 14.3 Å². The second-order valence-corrected chi connectivity index (χ2v) is 6.03. The fourth-order valence-electron chi connectivity index (χ4n) is 2.43. The summed E-state index contributed by atoms with van der Waals surface area (Å²) in [6, 6.07) is 16.5. The van der Waals surface area contributed by atoms with E-state index in [-0.39, 0.29) is 12.5 Å². The molecule has 0 aliphatic rings. The van der Waals surface area contributed by atoms with Crippen LogP contribution in [0.15, 0.2) is 54.6 Å². The maximum Gasteiger partial charge on any atom is 0.355 e. The Kier molecular flexibility index (Phi) is 5.05. The van der Waals surface area contributed by atoms with Crippen molar-refractivity contribution in [2.24, 2.45) is 0 Å². The summed E-state index contributed by atoms with van der Waals surface area (Å²) < 4.78 is 5.23. The number of rotatable bonds is 5. The highest BCUT2D eigenvalue weighted by Crippen LogP contribution is 2.16. The summed E-state index contributed by atoms with van der Waals surface area (Å²) in [5, 5.41) is 4.19. The molecule has 1 aromatic heterocycles. The van der Waals surface area contributed by atoms with E-state index in [1.165, 1.54) is 6.92 Å². The molecule has 0 spiro atoms. The van der Waals surface area contributed by atoms with Crippen molar-refractivity contribution >= 4 is 34.4 Å². The molecule has 3 aromatic rings. The SMILES string of the molecule is C[C@@H](OC(=O)c1cc2ccccc2[nH]1)C(=O)NCc1ccccc1Cl. The lowest BCUT2D eigenvalue weighted by Gasteiger charge is -2.13. The van der Waals surface area contributed by atoms with Gasteiger partial charge in [-0.25, -0.2) is 4.79 Å². The summed E-state index contributed by atoms with van der Waals surface area (Å²) in [6.07, 6.45) is -0.915. The molecule has 0 bridgehead atoms. The molecule has 0 aliphatic carbocycles. The Morgan fingerprint density at radius 3 is 2.64 bits per heavy atom. The van der Waals surface area contributed by atoms with Gasteiger partial charge in [-0.05, 0) is 30.7 Å². The number of para-hydroxylation sites is 1. The van der Waals surface area contributed by atoms with Crippen LogP contribution in [-0.2, 0) is 16.1 Å². The van der Waals surface area contributed by atoms with E-state index >= 15 is 0 Å². The number of ether oxygens (including phenoxy) is 1. The summed E-state index contributed by atoms with van der Waals surface area (Å²) in [7, 11) is 0. The fourth-order valence-corrected chi connectivity index (χ4v) is 2.63. The first kappa shape index (κ1) is 17.0. The molecule has 0 fully saturated rings. The molecule has 5 nitrogen and oxygen atoms in total. The average molecular weight is 357 g/mol. The van der Waals surface area contributed by atoms with E-state index in [0.717, 1.165) is 16.5 Å². The number of carbonyl (C=O) groups is 2. The Hall–Kier alpha value is -2.79. The first-order chi connectivity index (χ1) is 12.0. The number of hydrogen-bond donors (Lipinski definition) is 2. The number of hydrogen-bond acceptors (Lipinski definition) is 3. The van der Waals surface area contributed by atoms with Crippen LogP contribution in [-0.4, -0.2) is 23.0 Å². The van der Waals surface area contributed by atoms with Gasteiger partial charge in [-0.1, -0.05) is 48.0 Å². The molecule has 0 saturated heterocycles. The molecular weight excluding hydrogens is 340 g/mol. The van der Waals surface area contributed by atoms with Crippen molar-refractivity contribution in [3.63, 3.8) is 0 Å². The molecule has 1 heterocycles. The second kappa shape index (κ2) is 7.40. The van der Waals surface area contributed by atoms with Crippen LogP contribution >= 0.6 is 11.6 Å². The molecular formula is C19H17ClN2O3. The maximum atomic E-state index is 12.2. The van der Waals surface area contributed by atoms with Crippen molar-refractivity contribution in [3.8, 4) is 0 Å². The molecule has 2 N–H and O–H groups in total. The van der Waals surface area contributed by atoms with Crippen LogP contribution in [0.5, 0.6) is 0 Å². The number of H-pyrrole nitrogens is 1. The molecule has 3 rings (SSSR count). The lowest BCUT2D eigenvalue weighted by Crippen LogP contribution is -2.35. The number of nitrogens with one attached hydrogen (secondary N) is 2. The third-order valence-electron chi connectivity index (χ3n) is 3.81. The highest BCUT2D eigenvalue weighted by atomic mass is 35.5. The van der Waals surface area contributed by atoms with Crippen LogP contribution in [0.25, 0.3) is 10.9 Å². The smallest absolute Gasteiger partial charge is 0.355 e. The highest BCUT2D eigenvalue weighted by molar-refractivity contribution is 6.31. The number of aromatic amines is 1. The summed E-state index contributed by atoms with van der Waals surface area (Å²) in [5.74, 6) is -0.957. The number of carbonyl (C=O) groups excluding carboxylic acids is 2. The van der Waals surface area contributed by atoms with Gasteiger partial charge >= 0.3 is 5.97 Å². The predicted molar refractivity (Wildman–Crippen MR) is 96.5 cm³/mol. The van der Waals surface area contributed by atoms with Crippen molar-refractivity contribution in [1.82, 2.24) is 10.3 Å². The lowest BCUT2D eigenvalue weighted by atomic mass is 10.2. The summed E-state index contributed by atoms with van der Waals surface area (Å²) in [5.41, 5.74) is 1.95. The van der Waals surface area contributed by atoms with Crippen LogP contribution in [0.4, 0.5) is 0 Å². The average Bonchev–Trinajstić information content (AvgIpc) is 3.05. The van der Waals surface area contributed by atoms with Crippen molar-refractivity contribution in [1.29, 1.82) is 0 Å². The van der Waals surface area contributed by atoms with Gasteiger partial charge in [0.1, 0.15) is 5.69 Å². The first-order valence-electron chi connectivity index (χ1n) is 7.84. The predicted octanol–water partition coefficient (Wildman–Crippen LogP) is 3.68. The minimum absolute atomic E-state index is 0.271. The van der Waals surface area contributed by atoms with Gasteiger partial charge in [0.15, 0.2) is 6.10 Å². The van der Waals surface area contributed by atoms with Crippen LogP contribution < -0.4 is 5.32 Å². The Morgan fingerprint density at radius 1 is 1.16 bits per heavy atom. The van der Waals surface area contributed by atoms with E-state index in [0.29, 0.717) is 10.7 Å². The molecule has 25 heavy (non-hydrogen) atoms. The molecule has 6 heteroatoms. The second-order valence-electron chi connectivity index (χ2n) is 5.63. The van der Waals surface area contributed by atoms with Gasteiger partial charge in [0, 0.05) is 22.5 Å². The molecule has 0 unspecified atom stereocenters. The van der Waals surface area contributed by atoms with Gasteiger partial charge in [0.05, 0.1) is 0 Å². The number of esters is 1. The van der Waals surface area contributed by atoms with E-state index in [9.17, 15) is 9.59 Å². The molecule has 1 amide bonds. The molecule has 0 saturated carbocycles. The quantitative estimate of drug-likeness (QED) is 0.685. The maximum absolute atomic E-state index is 12.2. The van der Waals surface area contributed by atoms with Crippen LogP contribution in [0.3, 0.4) is 0 Å². The van der Waals surface area contributed by atoms with Gasteiger partial charge in [-0.15, -0.1) is 0 Å². The van der Waals surface area contributed by atoms with Crippen LogP contribution in [0, 0.1) is 0 Å². The van der Waals surface area contributed by atoms with Gasteiger partial charge in [0.2, 0.25) is 0 Å². The normalized spacial score (nSPS) is 11.9. The van der Waals surface area contributed by atoms with E-state index in [1.54, 1.807) is 12.1 Å². The topological polar surface area (TPSA) is 71.2 Å². The van der Waals surface area contributed by atoms with Gasteiger partial charge in [-0.2, -0.15) is 0 Å². The van der Waals surface area contributed by atoms with Gasteiger partial charge in [-0.3, -0.25) is 4.79 Å². The monoisotopic (exact) mass is 356 g/mol. The number of fused-ring (bicyclic) bond motifs is 1. The van der Waals surface area contributed by atoms with Crippen LogP contribution in [0.1, 0.15) is 23.0 Å². The number of amides is 1. The van der Waals surface area contributed by atoms with E-state index < -0.39 is 12.1 Å². The Bertz CT molecular complexity index is 887. The summed E-state index contributed by atoms with van der Waals surface area (Å²) in [6.45, 7) is 1.80. The summed E-state index contributed by atoms with van der Waals surface area (Å²) in [4.78, 5) is 27.3.